The Hall–Kier alpha value is -1.19. The standard InChI is InChI=1S/C9H13N3O/c13-7-9-6-10-11-12(9)8-4-2-1-3-5-8/h6-8H,1-5H2. The molecule has 2 rings (SSSR count). The lowest BCUT2D eigenvalue weighted by Gasteiger charge is -2.21. The molecule has 0 spiro atoms. The van der Waals surface area contributed by atoms with E-state index >= 15 is 0 Å². The van der Waals surface area contributed by atoms with Gasteiger partial charge in [0.2, 0.25) is 0 Å². The maximum Gasteiger partial charge on any atom is 0.169 e. The number of rotatable bonds is 2. The second-order valence-corrected chi connectivity index (χ2v) is 3.51. The van der Waals surface area contributed by atoms with E-state index in [1.807, 2.05) is 0 Å². The first-order valence-corrected chi connectivity index (χ1v) is 4.77. The summed E-state index contributed by atoms with van der Waals surface area (Å²) in [5, 5.41) is 7.70. The van der Waals surface area contributed by atoms with Crippen LogP contribution in [0.1, 0.15) is 48.6 Å². The Kier molecular flexibility index (Phi) is 2.38. The third kappa shape index (κ3) is 1.61. The molecule has 1 aliphatic carbocycles. The van der Waals surface area contributed by atoms with Crippen molar-refractivity contribution in [3.63, 3.8) is 0 Å². The van der Waals surface area contributed by atoms with E-state index in [1.165, 1.54) is 25.5 Å². The van der Waals surface area contributed by atoms with Crippen LogP contribution in [-0.4, -0.2) is 21.3 Å². The van der Waals surface area contributed by atoms with E-state index in [2.05, 4.69) is 10.3 Å². The third-order valence-electron chi connectivity index (χ3n) is 2.64. The minimum absolute atomic E-state index is 0.399. The molecule has 1 heterocycles. The smallest absolute Gasteiger partial charge is 0.169 e. The van der Waals surface area contributed by atoms with Gasteiger partial charge in [-0.25, -0.2) is 4.68 Å². The molecule has 0 unspecified atom stereocenters. The van der Waals surface area contributed by atoms with Crippen LogP contribution in [-0.2, 0) is 0 Å². The molecule has 1 saturated carbocycles. The van der Waals surface area contributed by atoms with E-state index in [9.17, 15) is 4.79 Å². The Balaban J connectivity index is 2.17. The van der Waals surface area contributed by atoms with Crippen molar-refractivity contribution in [1.82, 2.24) is 15.0 Å². The maximum atomic E-state index is 10.6. The van der Waals surface area contributed by atoms with E-state index in [0.29, 0.717) is 11.7 Å². The lowest BCUT2D eigenvalue weighted by Crippen LogP contribution is -2.16. The molecule has 1 aromatic rings. The summed E-state index contributed by atoms with van der Waals surface area (Å²) in [6, 6.07) is 0.399. The maximum absolute atomic E-state index is 10.6. The molecule has 0 aromatic carbocycles. The zero-order valence-corrected chi connectivity index (χ0v) is 7.52. The lowest BCUT2D eigenvalue weighted by atomic mass is 9.95. The molecule has 1 fully saturated rings. The molecule has 4 heteroatoms. The van der Waals surface area contributed by atoms with Gasteiger partial charge >= 0.3 is 0 Å². The predicted octanol–water partition coefficient (Wildman–Crippen LogP) is 1.60. The molecule has 0 N–H and O–H groups in total. The van der Waals surface area contributed by atoms with Crippen molar-refractivity contribution in [1.29, 1.82) is 0 Å². The fourth-order valence-corrected chi connectivity index (χ4v) is 1.95. The number of aromatic nitrogens is 3. The molecule has 1 aromatic heterocycles. The van der Waals surface area contributed by atoms with E-state index < -0.39 is 0 Å². The van der Waals surface area contributed by atoms with Crippen molar-refractivity contribution in [2.45, 2.75) is 38.1 Å². The second-order valence-electron chi connectivity index (χ2n) is 3.51. The summed E-state index contributed by atoms with van der Waals surface area (Å²) in [4.78, 5) is 10.6. The number of hydrogen-bond acceptors (Lipinski definition) is 3. The number of nitrogens with zero attached hydrogens (tertiary/aromatic N) is 3. The monoisotopic (exact) mass is 179 g/mol. The Morgan fingerprint density at radius 1 is 1.38 bits per heavy atom. The van der Waals surface area contributed by atoms with Crippen molar-refractivity contribution in [3.8, 4) is 0 Å². The zero-order valence-electron chi connectivity index (χ0n) is 7.52. The molecular weight excluding hydrogens is 166 g/mol. The second kappa shape index (κ2) is 3.68. The van der Waals surface area contributed by atoms with Crippen LogP contribution in [0.25, 0.3) is 0 Å². The van der Waals surface area contributed by atoms with Gasteiger partial charge in [-0.1, -0.05) is 24.5 Å². The molecule has 0 radical (unpaired) electrons. The molecule has 0 bridgehead atoms. The summed E-state index contributed by atoms with van der Waals surface area (Å²) in [7, 11) is 0. The highest BCUT2D eigenvalue weighted by Gasteiger charge is 2.18. The van der Waals surface area contributed by atoms with Crippen molar-refractivity contribution in [2.75, 3.05) is 0 Å². The van der Waals surface area contributed by atoms with Crippen LogP contribution in [0.15, 0.2) is 6.20 Å². The summed E-state index contributed by atoms with van der Waals surface area (Å²) in [5.74, 6) is 0. The fourth-order valence-electron chi connectivity index (χ4n) is 1.95. The average molecular weight is 179 g/mol. The number of aldehydes is 1. The Labute approximate surface area is 76.9 Å². The summed E-state index contributed by atoms with van der Waals surface area (Å²) in [6.07, 6.45) is 8.40. The van der Waals surface area contributed by atoms with Crippen molar-refractivity contribution in [2.24, 2.45) is 0 Å². The molecule has 70 valence electrons. The van der Waals surface area contributed by atoms with Gasteiger partial charge < -0.3 is 0 Å². The van der Waals surface area contributed by atoms with Crippen LogP contribution in [0.3, 0.4) is 0 Å². The third-order valence-corrected chi connectivity index (χ3v) is 2.64. The summed E-state index contributed by atoms with van der Waals surface area (Å²) < 4.78 is 1.77. The Morgan fingerprint density at radius 2 is 2.15 bits per heavy atom. The highest BCUT2D eigenvalue weighted by Crippen LogP contribution is 2.27. The average Bonchev–Trinajstić information content (AvgIpc) is 2.67. The molecule has 1 aliphatic rings. The van der Waals surface area contributed by atoms with Gasteiger partial charge in [-0.05, 0) is 12.8 Å². The van der Waals surface area contributed by atoms with E-state index in [-0.39, 0.29) is 0 Å². The molecule has 0 amide bonds. The Bertz CT molecular complexity index is 289. The largest absolute Gasteiger partial charge is 0.296 e. The van der Waals surface area contributed by atoms with Crippen LogP contribution in [0, 0.1) is 0 Å². The van der Waals surface area contributed by atoms with Crippen molar-refractivity contribution >= 4 is 6.29 Å². The highest BCUT2D eigenvalue weighted by molar-refractivity contribution is 5.71. The SMILES string of the molecule is O=Cc1cnnn1C1CCCCC1. The van der Waals surface area contributed by atoms with Crippen LogP contribution in [0.4, 0.5) is 0 Å². The van der Waals surface area contributed by atoms with E-state index in [1.54, 1.807) is 4.68 Å². The predicted molar refractivity (Wildman–Crippen MR) is 47.5 cm³/mol. The van der Waals surface area contributed by atoms with Crippen molar-refractivity contribution in [3.05, 3.63) is 11.9 Å². The minimum atomic E-state index is 0.399. The van der Waals surface area contributed by atoms with Gasteiger partial charge in [-0.15, -0.1) is 5.10 Å². The summed E-state index contributed by atoms with van der Waals surface area (Å²) in [5.41, 5.74) is 0.604. The van der Waals surface area contributed by atoms with Crippen LogP contribution in [0.2, 0.25) is 0 Å². The first kappa shape index (κ1) is 8.41. The van der Waals surface area contributed by atoms with Gasteiger partial charge in [0.25, 0.3) is 0 Å². The van der Waals surface area contributed by atoms with Crippen LogP contribution < -0.4 is 0 Å². The summed E-state index contributed by atoms with van der Waals surface area (Å²) in [6.45, 7) is 0. The van der Waals surface area contributed by atoms with E-state index in [4.69, 9.17) is 0 Å². The number of hydrogen-bond donors (Lipinski definition) is 0. The van der Waals surface area contributed by atoms with Crippen LogP contribution >= 0.6 is 0 Å². The van der Waals surface area contributed by atoms with Gasteiger partial charge in [-0.2, -0.15) is 0 Å². The normalized spacial score (nSPS) is 18.8. The number of carbonyl (C=O) groups excluding carboxylic acids is 1. The molecule has 0 saturated heterocycles. The van der Waals surface area contributed by atoms with Gasteiger partial charge in [0.15, 0.2) is 6.29 Å². The molecule has 13 heavy (non-hydrogen) atoms. The zero-order chi connectivity index (χ0) is 9.10. The fraction of sp³-hybridized carbons (Fsp3) is 0.667. The summed E-state index contributed by atoms with van der Waals surface area (Å²) >= 11 is 0. The van der Waals surface area contributed by atoms with E-state index in [0.717, 1.165) is 19.1 Å². The molecular formula is C9H13N3O. The van der Waals surface area contributed by atoms with Crippen LogP contribution in [0.5, 0.6) is 0 Å². The van der Waals surface area contributed by atoms with Gasteiger partial charge in [0.05, 0.1) is 12.2 Å². The van der Waals surface area contributed by atoms with Gasteiger partial charge in [-0.3, -0.25) is 4.79 Å². The minimum Gasteiger partial charge on any atom is -0.296 e. The highest BCUT2D eigenvalue weighted by atomic mass is 16.1. The Morgan fingerprint density at radius 3 is 2.85 bits per heavy atom. The lowest BCUT2D eigenvalue weighted by molar-refractivity contribution is 0.111. The molecule has 4 nitrogen and oxygen atoms in total. The van der Waals surface area contributed by atoms with Gasteiger partial charge in [0.1, 0.15) is 5.69 Å². The van der Waals surface area contributed by atoms with Crippen molar-refractivity contribution < 1.29 is 4.79 Å². The molecule has 0 atom stereocenters. The quantitative estimate of drug-likeness (QED) is 0.648. The first-order valence-electron chi connectivity index (χ1n) is 4.77. The topological polar surface area (TPSA) is 47.8 Å². The van der Waals surface area contributed by atoms with Gasteiger partial charge in [0, 0.05) is 0 Å². The molecule has 0 aliphatic heterocycles. The first-order chi connectivity index (χ1) is 6.42. The number of carbonyl (C=O) groups is 1.